The highest BCUT2D eigenvalue weighted by atomic mass is 79.9. The van der Waals surface area contributed by atoms with Crippen LogP contribution in [-0.4, -0.2) is 15.8 Å². The van der Waals surface area contributed by atoms with Crippen molar-refractivity contribution in [1.82, 2.24) is 4.68 Å². The summed E-state index contributed by atoms with van der Waals surface area (Å²) in [5.74, 6) is 4.26. The molecule has 10 heavy (non-hydrogen) atoms. The van der Waals surface area contributed by atoms with E-state index in [-0.39, 0.29) is 5.69 Å². The monoisotopic (exact) mass is 204 g/mol. The summed E-state index contributed by atoms with van der Waals surface area (Å²) in [5.41, 5.74) is 0.0619. The minimum atomic E-state index is -1.03. The number of nitrogens with zero attached hydrogens (tertiary/aromatic N) is 1. The van der Waals surface area contributed by atoms with Gasteiger partial charge in [0.15, 0.2) is 0 Å². The third-order valence-electron chi connectivity index (χ3n) is 1.09. The van der Waals surface area contributed by atoms with Gasteiger partial charge < -0.3 is 10.9 Å². The molecule has 0 amide bonds. The van der Waals surface area contributed by atoms with Gasteiger partial charge in [0.2, 0.25) is 0 Å². The third kappa shape index (κ3) is 0.995. The minimum absolute atomic E-state index is 0.0619. The zero-order chi connectivity index (χ0) is 7.72. The van der Waals surface area contributed by atoms with Gasteiger partial charge in [0, 0.05) is 0 Å². The third-order valence-corrected chi connectivity index (χ3v) is 1.73. The zero-order valence-electron chi connectivity index (χ0n) is 4.91. The molecule has 4 nitrogen and oxygen atoms in total. The molecule has 0 saturated heterocycles. The Kier molecular flexibility index (Phi) is 1.67. The van der Waals surface area contributed by atoms with Crippen LogP contribution in [0.5, 0.6) is 0 Å². The maximum absolute atomic E-state index is 10.3. The van der Waals surface area contributed by atoms with E-state index in [2.05, 4.69) is 15.9 Å². The van der Waals surface area contributed by atoms with Gasteiger partial charge in [0.1, 0.15) is 10.3 Å². The second kappa shape index (κ2) is 2.34. The first-order valence-electron chi connectivity index (χ1n) is 2.48. The fraction of sp³-hybridized carbons (Fsp3) is 0. The second-order valence-electron chi connectivity index (χ2n) is 1.72. The number of hydrogen-bond donors (Lipinski definition) is 2. The van der Waals surface area contributed by atoms with Crippen LogP contribution in [-0.2, 0) is 0 Å². The Morgan fingerprint density at radius 1 is 1.70 bits per heavy atom. The summed E-state index contributed by atoms with van der Waals surface area (Å²) in [6.45, 7) is 0. The molecule has 0 radical (unpaired) electrons. The number of nitrogens with two attached hydrogens (primary N) is 1. The maximum atomic E-state index is 10.3. The van der Waals surface area contributed by atoms with E-state index < -0.39 is 5.97 Å². The molecule has 3 N–H and O–H groups in total. The number of carbonyl (C=O) groups is 1. The summed E-state index contributed by atoms with van der Waals surface area (Å²) in [4.78, 5) is 10.3. The van der Waals surface area contributed by atoms with Crippen LogP contribution in [0.25, 0.3) is 0 Å². The predicted octanol–water partition coefficient (Wildman–Crippen LogP) is 0.663. The van der Waals surface area contributed by atoms with Crippen LogP contribution in [0.3, 0.4) is 0 Å². The van der Waals surface area contributed by atoms with Gasteiger partial charge in [-0.05, 0) is 28.1 Å². The Morgan fingerprint density at radius 2 is 2.30 bits per heavy atom. The molecule has 0 aliphatic carbocycles. The number of aromatic nitrogens is 1. The van der Waals surface area contributed by atoms with Crippen LogP contribution in [0, 0.1) is 0 Å². The van der Waals surface area contributed by atoms with Gasteiger partial charge in [-0.3, -0.25) is 0 Å². The molecule has 0 spiro atoms. The number of hydrogen-bond acceptors (Lipinski definition) is 2. The van der Waals surface area contributed by atoms with Crippen molar-refractivity contribution >= 4 is 21.9 Å². The molecule has 0 atom stereocenters. The SMILES string of the molecule is Nn1c(Br)ccc1C(=O)O. The van der Waals surface area contributed by atoms with Crippen molar-refractivity contribution in [2.45, 2.75) is 0 Å². The normalized spacial score (nSPS) is 9.70. The summed E-state index contributed by atoms with van der Waals surface area (Å²) in [6, 6.07) is 3.00. The van der Waals surface area contributed by atoms with Crippen LogP contribution in [0.15, 0.2) is 16.7 Å². The molecule has 1 aromatic heterocycles. The lowest BCUT2D eigenvalue weighted by molar-refractivity contribution is 0.0687. The molecular formula is C5H5BrN2O2. The van der Waals surface area contributed by atoms with E-state index in [1.54, 1.807) is 6.07 Å². The van der Waals surface area contributed by atoms with Crippen molar-refractivity contribution in [3.8, 4) is 0 Å². The average Bonchev–Trinajstić information content (AvgIpc) is 2.14. The van der Waals surface area contributed by atoms with Gasteiger partial charge >= 0.3 is 5.97 Å². The van der Waals surface area contributed by atoms with Gasteiger partial charge in [0.05, 0.1) is 0 Å². The van der Waals surface area contributed by atoms with Gasteiger partial charge in [-0.15, -0.1) is 0 Å². The van der Waals surface area contributed by atoms with Crippen LogP contribution >= 0.6 is 15.9 Å². The second-order valence-corrected chi connectivity index (χ2v) is 2.53. The molecule has 1 heterocycles. The van der Waals surface area contributed by atoms with E-state index in [1.165, 1.54) is 6.07 Å². The summed E-state index contributed by atoms with van der Waals surface area (Å²) >= 11 is 3.06. The van der Waals surface area contributed by atoms with Crippen LogP contribution < -0.4 is 5.84 Å². The number of rotatable bonds is 1. The van der Waals surface area contributed by atoms with E-state index >= 15 is 0 Å². The first-order valence-corrected chi connectivity index (χ1v) is 3.28. The van der Waals surface area contributed by atoms with Crippen molar-refractivity contribution in [3.05, 3.63) is 22.4 Å². The van der Waals surface area contributed by atoms with E-state index in [9.17, 15) is 4.79 Å². The van der Waals surface area contributed by atoms with Crippen LogP contribution in [0.2, 0.25) is 0 Å². The van der Waals surface area contributed by atoms with E-state index in [4.69, 9.17) is 10.9 Å². The van der Waals surface area contributed by atoms with Gasteiger partial charge in [-0.2, -0.15) is 0 Å². The Labute approximate surface area is 65.3 Å². The van der Waals surface area contributed by atoms with Gasteiger partial charge in [-0.25, -0.2) is 9.47 Å². The lowest BCUT2D eigenvalue weighted by atomic mass is 10.4. The molecule has 0 unspecified atom stereocenters. The molecule has 0 fully saturated rings. The summed E-state index contributed by atoms with van der Waals surface area (Å²) in [6.07, 6.45) is 0. The standard InChI is InChI=1S/C5H5BrN2O2/c6-4-2-1-3(5(9)10)8(4)7/h1-2H,7H2,(H,9,10). The van der Waals surface area contributed by atoms with Crippen molar-refractivity contribution in [3.63, 3.8) is 0 Å². The molecule has 0 aromatic carbocycles. The largest absolute Gasteiger partial charge is 0.477 e. The quantitative estimate of drug-likeness (QED) is 0.661. The summed E-state index contributed by atoms with van der Waals surface area (Å²) < 4.78 is 1.60. The zero-order valence-corrected chi connectivity index (χ0v) is 6.50. The Morgan fingerprint density at radius 3 is 2.50 bits per heavy atom. The van der Waals surface area contributed by atoms with E-state index in [1.807, 2.05) is 0 Å². The topological polar surface area (TPSA) is 68.2 Å². The smallest absolute Gasteiger partial charge is 0.354 e. The Hall–Kier alpha value is -0.970. The van der Waals surface area contributed by atoms with Crippen molar-refractivity contribution < 1.29 is 9.90 Å². The predicted molar refractivity (Wildman–Crippen MR) is 39.2 cm³/mol. The molecule has 0 aliphatic heterocycles. The molecule has 1 rings (SSSR count). The molecular weight excluding hydrogens is 200 g/mol. The fourth-order valence-electron chi connectivity index (χ4n) is 0.598. The first kappa shape index (κ1) is 7.14. The number of aromatic carboxylic acids is 1. The van der Waals surface area contributed by atoms with Crippen LogP contribution in [0.4, 0.5) is 0 Å². The molecule has 0 aliphatic rings. The molecule has 1 aromatic rings. The Bertz CT molecular complexity index is 269. The molecule has 5 heteroatoms. The molecule has 54 valence electrons. The summed E-state index contributed by atoms with van der Waals surface area (Å²) in [7, 11) is 0. The number of carboxylic acids is 1. The highest BCUT2D eigenvalue weighted by Gasteiger charge is 2.08. The Balaban J connectivity index is 3.17. The maximum Gasteiger partial charge on any atom is 0.354 e. The fourth-order valence-corrected chi connectivity index (χ4v) is 0.921. The van der Waals surface area contributed by atoms with Crippen molar-refractivity contribution in [1.29, 1.82) is 0 Å². The first-order chi connectivity index (χ1) is 4.63. The van der Waals surface area contributed by atoms with Crippen LogP contribution in [0.1, 0.15) is 10.5 Å². The minimum Gasteiger partial charge on any atom is -0.477 e. The van der Waals surface area contributed by atoms with Gasteiger partial charge in [0.25, 0.3) is 0 Å². The number of halogens is 1. The van der Waals surface area contributed by atoms with Gasteiger partial charge in [-0.1, -0.05) is 0 Å². The lowest BCUT2D eigenvalue weighted by Crippen LogP contribution is -2.15. The van der Waals surface area contributed by atoms with E-state index in [0.717, 1.165) is 4.68 Å². The molecule has 0 bridgehead atoms. The van der Waals surface area contributed by atoms with Crippen molar-refractivity contribution in [2.24, 2.45) is 0 Å². The summed E-state index contributed by atoms with van der Waals surface area (Å²) in [5, 5.41) is 8.46. The highest BCUT2D eigenvalue weighted by molar-refractivity contribution is 9.10. The molecule has 0 saturated carbocycles. The lowest BCUT2D eigenvalue weighted by Gasteiger charge is -1.96. The van der Waals surface area contributed by atoms with Crippen molar-refractivity contribution in [2.75, 3.05) is 5.84 Å². The highest BCUT2D eigenvalue weighted by Crippen LogP contribution is 2.11. The number of carboxylic acid groups (broad SMARTS) is 1. The van der Waals surface area contributed by atoms with E-state index in [0.29, 0.717) is 4.60 Å². The average molecular weight is 205 g/mol. The number of nitrogen functional groups attached to an aromatic ring is 1.